The highest BCUT2D eigenvalue weighted by Gasteiger charge is 2.35. The second-order valence-electron chi connectivity index (χ2n) is 4.65. The zero-order valence-electron chi connectivity index (χ0n) is 10.1. The number of halogens is 2. The maximum absolute atomic E-state index is 13.0. The van der Waals surface area contributed by atoms with Gasteiger partial charge in [-0.25, -0.2) is 4.39 Å². The van der Waals surface area contributed by atoms with Crippen molar-refractivity contribution in [2.75, 3.05) is 0 Å². The molecule has 5 heteroatoms. The highest BCUT2D eigenvalue weighted by molar-refractivity contribution is 9.10. The van der Waals surface area contributed by atoms with Gasteiger partial charge in [0.05, 0.1) is 0 Å². The second kappa shape index (κ2) is 5.36. The zero-order chi connectivity index (χ0) is 13.3. The SMILES string of the molecule is CC(C(=O)O)N(Cc1ccc(F)cc1Br)C1CC1. The molecule has 1 aliphatic rings. The van der Waals surface area contributed by atoms with Gasteiger partial charge in [0.25, 0.3) is 0 Å². The molecule has 1 aromatic carbocycles. The number of nitrogens with zero attached hydrogens (tertiary/aromatic N) is 1. The number of rotatable bonds is 5. The number of carboxylic acids is 1. The number of hydrogen-bond donors (Lipinski definition) is 1. The van der Waals surface area contributed by atoms with E-state index in [1.54, 1.807) is 13.0 Å². The first-order chi connectivity index (χ1) is 8.49. The van der Waals surface area contributed by atoms with E-state index in [2.05, 4.69) is 15.9 Å². The number of hydrogen-bond acceptors (Lipinski definition) is 2. The van der Waals surface area contributed by atoms with Crippen LogP contribution < -0.4 is 0 Å². The first-order valence-electron chi connectivity index (χ1n) is 5.91. The van der Waals surface area contributed by atoms with Gasteiger partial charge in [0.15, 0.2) is 0 Å². The van der Waals surface area contributed by atoms with Crippen LogP contribution in [-0.4, -0.2) is 28.1 Å². The summed E-state index contributed by atoms with van der Waals surface area (Å²) in [6.45, 7) is 2.22. The molecule has 1 unspecified atom stereocenters. The van der Waals surface area contributed by atoms with Crippen LogP contribution in [-0.2, 0) is 11.3 Å². The summed E-state index contributed by atoms with van der Waals surface area (Å²) in [5.74, 6) is -1.12. The van der Waals surface area contributed by atoms with Crippen LogP contribution >= 0.6 is 15.9 Å². The molecule has 0 amide bonds. The molecular weight excluding hydrogens is 301 g/mol. The van der Waals surface area contributed by atoms with Crippen LogP contribution in [0.2, 0.25) is 0 Å². The average molecular weight is 316 g/mol. The molecule has 1 saturated carbocycles. The average Bonchev–Trinajstić information content (AvgIpc) is 3.11. The molecule has 0 bridgehead atoms. The Labute approximate surface area is 114 Å². The molecule has 18 heavy (non-hydrogen) atoms. The van der Waals surface area contributed by atoms with Crippen LogP contribution in [0.15, 0.2) is 22.7 Å². The van der Waals surface area contributed by atoms with Gasteiger partial charge < -0.3 is 5.11 Å². The lowest BCUT2D eigenvalue weighted by Crippen LogP contribution is -2.40. The Hall–Kier alpha value is -0.940. The van der Waals surface area contributed by atoms with Crippen molar-refractivity contribution < 1.29 is 14.3 Å². The van der Waals surface area contributed by atoms with E-state index in [0.29, 0.717) is 17.1 Å². The Bertz CT molecular complexity index is 462. The van der Waals surface area contributed by atoms with Crippen molar-refractivity contribution in [3.8, 4) is 0 Å². The van der Waals surface area contributed by atoms with Crippen LogP contribution in [0.1, 0.15) is 25.3 Å². The molecule has 98 valence electrons. The minimum Gasteiger partial charge on any atom is -0.480 e. The van der Waals surface area contributed by atoms with E-state index in [1.165, 1.54) is 12.1 Å². The fourth-order valence-corrected chi connectivity index (χ4v) is 2.45. The van der Waals surface area contributed by atoms with Gasteiger partial charge in [0, 0.05) is 17.1 Å². The van der Waals surface area contributed by atoms with Gasteiger partial charge >= 0.3 is 5.97 Å². The fraction of sp³-hybridized carbons (Fsp3) is 0.462. The van der Waals surface area contributed by atoms with Crippen LogP contribution in [0.4, 0.5) is 4.39 Å². The standard InChI is InChI=1S/C13H15BrFNO2/c1-8(13(17)18)16(11-4-5-11)7-9-2-3-10(15)6-12(9)14/h2-3,6,8,11H,4-5,7H2,1H3,(H,17,18). The van der Waals surface area contributed by atoms with Crippen molar-refractivity contribution in [3.63, 3.8) is 0 Å². The number of aliphatic carboxylic acids is 1. The van der Waals surface area contributed by atoms with Crippen molar-refractivity contribution in [1.29, 1.82) is 0 Å². The number of carboxylic acid groups (broad SMARTS) is 1. The lowest BCUT2D eigenvalue weighted by molar-refractivity contribution is -0.143. The maximum Gasteiger partial charge on any atom is 0.320 e. The van der Waals surface area contributed by atoms with E-state index in [-0.39, 0.29) is 5.82 Å². The summed E-state index contributed by atoms with van der Waals surface area (Å²) in [5.41, 5.74) is 0.913. The molecule has 1 fully saturated rings. The van der Waals surface area contributed by atoms with Crippen molar-refractivity contribution in [1.82, 2.24) is 4.90 Å². The van der Waals surface area contributed by atoms with Gasteiger partial charge in [0.1, 0.15) is 11.9 Å². The van der Waals surface area contributed by atoms with Gasteiger partial charge in [-0.3, -0.25) is 9.69 Å². The van der Waals surface area contributed by atoms with Gasteiger partial charge in [-0.05, 0) is 37.5 Å². The molecule has 0 radical (unpaired) electrons. The lowest BCUT2D eigenvalue weighted by Gasteiger charge is -2.26. The predicted octanol–water partition coefficient (Wildman–Crippen LogP) is 3.03. The Morgan fingerprint density at radius 1 is 1.61 bits per heavy atom. The third-order valence-corrected chi connectivity index (χ3v) is 3.98. The van der Waals surface area contributed by atoms with E-state index in [9.17, 15) is 9.18 Å². The third kappa shape index (κ3) is 3.09. The first kappa shape index (κ1) is 13.5. The smallest absolute Gasteiger partial charge is 0.320 e. The van der Waals surface area contributed by atoms with E-state index < -0.39 is 12.0 Å². The van der Waals surface area contributed by atoms with Crippen LogP contribution in [0.3, 0.4) is 0 Å². The van der Waals surface area contributed by atoms with Crippen molar-refractivity contribution in [2.24, 2.45) is 0 Å². The summed E-state index contributed by atoms with van der Waals surface area (Å²) in [6, 6.07) is 4.33. The van der Waals surface area contributed by atoms with Crippen LogP contribution in [0, 0.1) is 5.82 Å². The summed E-state index contributed by atoms with van der Waals surface area (Å²) < 4.78 is 13.7. The molecule has 0 aliphatic heterocycles. The van der Waals surface area contributed by atoms with Crippen molar-refractivity contribution in [3.05, 3.63) is 34.1 Å². The zero-order valence-corrected chi connectivity index (χ0v) is 11.7. The van der Waals surface area contributed by atoms with Gasteiger partial charge in [-0.2, -0.15) is 0 Å². The quantitative estimate of drug-likeness (QED) is 0.908. The normalized spacial score (nSPS) is 16.9. The molecule has 1 aliphatic carbocycles. The highest BCUT2D eigenvalue weighted by atomic mass is 79.9. The van der Waals surface area contributed by atoms with E-state index in [4.69, 9.17) is 5.11 Å². The Morgan fingerprint density at radius 2 is 2.28 bits per heavy atom. The Balaban J connectivity index is 2.15. The molecule has 0 spiro atoms. The molecule has 3 nitrogen and oxygen atoms in total. The molecule has 0 saturated heterocycles. The monoisotopic (exact) mass is 315 g/mol. The molecule has 1 N–H and O–H groups in total. The first-order valence-corrected chi connectivity index (χ1v) is 6.71. The number of carbonyl (C=O) groups is 1. The van der Waals surface area contributed by atoms with E-state index in [0.717, 1.165) is 18.4 Å². The molecule has 1 aromatic rings. The van der Waals surface area contributed by atoms with Crippen molar-refractivity contribution >= 4 is 21.9 Å². The summed E-state index contributed by atoms with van der Waals surface area (Å²) in [6.07, 6.45) is 2.08. The minimum atomic E-state index is -0.819. The summed E-state index contributed by atoms with van der Waals surface area (Å²) in [7, 11) is 0. The van der Waals surface area contributed by atoms with E-state index >= 15 is 0 Å². The number of benzene rings is 1. The summed E-state index contributed by atoms with van der Waals surface area (Å²) in [5, 5.41) is 9.11. The Kier molecular flexibility index (Phi) is 4.02. The fourth-order valence-electron chi connectivity index (χ4n) is 1.98. The predicted molar refractivity (Wildman–Crippen MR) is 69.8 cm³/mol. The largest absolute Gasteiger partial charge is 0.480 e. The molecule has 1 atom stereocenters. The van der Waals surface area contributed by atoms with Gasteiger partial charge in [-0.1, -0.05) is 22.0 Å². The Morgan fingerprint density at radius 3 is 2.78 bits per heavy atom. The summed E-state index contributed by atoms with van der Waals surface area (Å²) >= 11 is 3.32. The van der Waals surface area contributed by atoms with E-state index in [1.807, 2.05) is 4.90 Å². The highest BCUT2D eigenvalue weighted by Crippen LogP contribution is 2.31. The van der Waals surface area contributed by atoms with Crippen molar-refractivity contribution in [2.45, 2.75) is 38.4 Å². The molecule has 2 rings (SSSR count). The third-order valence-electron chi connectivity index (χ3n) is 3.24. The second-order valence-corrected chi connectivity index (χ2v) is 5.51. The maximum atomic E-state index is 13.0. The van der Waals surface area contributed by atoms with Crippen LogP contribution in [0.25, 0.3) is 0 Å². The van der Waals surface area contributed by atoms with Gasteiger partial charge in [0.2, 0.25) is 0 Å². The molecular formula is C13H15BrFNO2. The topological polar surface area (TPSA) is 40.5 Å². The molecule has 0 heterocycles. The molecule has 0 aromatic heterocycles. The van der Waals surface area contributed by atoms with Crippen LogP contribution in [0.5, 0.6) is 0 Å². The minimum absolute atomic E-state index is 0.296. The lowest BCUT2D eigenvalue weighted by atomic mass is 10.1. The van der Waals surface area contributed by atoms with Gasteiger partial charge in [-0.15, -0.1) is 0 Å². The summed E-state index contributed by atoms with van der Waals surface area (Å²) in [4.78, 5) is 13.0.